The van der Waals surface area contributed by atoms with Gasteiger partial charge >= 0.3 is 0 Å². The van der Waals surface area contributed by atoms with E-state index in [-0.39, 0.29) is 6.61 Å². The molecule has 0 radical (unpaired) electrons. The molecule has 2 rings (SSSR count). The summed E-state index contributed by atoms with van der Waals surface area (Å²) in [6.07, 6.45) is 4.28. The number of hydrogen-bond donors (Lipinski definition) is 2. The summed E-state index contributed by atoms with van der Waals surface area (Å²) in [5, 5.41) is 12.7. The van der Waals surface area contributed by atoms with Crippen molar-refractivity contribution in [1.29, 1.82) is 0 Å². The second-order valence-corrected chi connectivity index (χ2v) is 5.61. The Morgan fingerprint density at radius 2 is 2.44 bits per heavy atom. The van der Waals surface area contributed by atoms with Gasteiger partial charge in [0.05, 0.1) is 6.61 Å². The highest BCUT2D eigenvalue weighted by Gasteiger charge is 2.18. The summed E-state index contributed by atoms with van der Waals surface area (Å²) in [6.45, 7) is 4.86. The Labute approximate surface area is 117 Å². The zero-order valence-corrected chi connectivity index (χ0v) is 12.3. The van der Waals surface area contributed by atoms with Gasteiger partial charge in [-0.1, -0.05) is 0 Å². The molecule has 0 amide bonds. The molecule has 1 aliphatic heterocycles. The predicted molar refractivity (Wildman–Crippen MR) is 77.0 cm³/mol. The van der Waals surface area contributed by atoms with Crippen LogP contribution in [-0.2, 0) is 0 Å². The van der Waals surface area contributed by atoms with Crippen LogP contribution >= 0.6 is 15.9 Å². The van der Waals surface area contributed by atoms with E-state index in [9.17, 15) is 5.11 Å². The second kappa shape index (κ2) is 6.50. The fourth-order valence-corrected chi connectivity index (χ4v) is 2.51. The molecule has 1 unspecified atom stereocenters. The molecule has 2 N–H and O–H groups in total. The van der Waals surface area contributed by atoms with Crippen molar-refractivity contribution in [2.24, 2.45) is 0 Å². The average Bonchev–Trinajstić information content (AvgIpc) is 2.85. The van der Waals surface area contributed by atoms with Gasteiger partial charge in [-0.05, 0) is 53.9 Å². The monoisotopic (exact) mass is 313 g/mol. The number of halogens is 1. The van der Waals surface area contributed by atoms with Gasteiger partial charge in [0.25, 0.3) is 0 Å². The number of aromatic nitrogens is 1. The highest BCUT2D eigenvalue weighted by molar-refractivity contribution is 9.10. The number of rotatable bonds is 5. The van der Waals surface area contributed by atoms with Crippen molar-refractivity contribution in [3.8, 4) is 0 Å². The van der Waals surface area contributed by atoms with Gasteiger partial charge in [0.1, 0.15) is 5.82 Å². The number of nitrogens with zero attached hydrogens (tertiary/aromatic N) is 2. The smallest absolute Gasteiger partial charge is 0.128 e. The lowest BCUT2D eigenvalue weighted by atomic mass is 10.2. The summed E-state index contributed by atoms with van der Waals surface area (Å²) in [5.74, 6) is 0.943. The Hall–Kier alpha value is -0.650. The van der Waals surface area contributed by atoms with Crippen LogP contribution in [0.5, 0.6) is 0 Å². The lowest BCUT2D eigenvalue weighted by molar-refractivity contribution is 0.300. The molecule has 1 aromatic heterocycles. The Morgan fingerprint density at radius 3 is 3.06 bits per heavy atom. The first-order valence-electron chi connectivity index (χ1n) is 6.42. The molecule has 1 aliphatic rings. The summed E-state index contributed by atoms with van der Waals surface area (Å²) in [5.41, 5.74) is 1.17. The van der Waals surface area contributed by atoms with E-state index < -0.39 is 0 Å². The molecule has 1 atom stereocenters. The van der Waals surface area contributed by atoms with Gasteiger partial charge in [0.2, 0.25) is 0 Å². The minimum absolute atomic E-state index is 0.156. The first-order valence-corrected chi connectivity index (χ1v) is 7.21. The van der Waals surface area contributed by atoms with Crippen molar-refractivity contribution >= 4 is 21.7 Å². The summed E-state index contributed by atoms with van der Waals surface area (Å²) < 4.78 is 1.02. The molecule has 1 saturated heterocycles. The Morgan fingerprint density at radius 1 is 1.61 bits per heavy atom. The summed E-state index contributed by atoms with van der Waals surface area (Å²) in [7, 11) is 0. The largest absolute Gasteiger partial charge is 0.395 e. The fraction of sp³-hybridized carbons (Fsp3) is 0.615. The first-order chi connectivity index (χ1) is 8.70. The van der Waals surface area contributed by atoms with Gasteiger partial charge in [-0.3, -0.25) is 0 Å². The number of aliphatic hydroxyl groups excluding tert-OH is 1. The van der Waals surface area contributed by atoms with E-state index in [1.54, 1.807) is 0 Å². The molecule has 18 heavy (non-hydrogen) atoms. The minimum Gasteiger partial charge on any atom is -0.395 e. The van der Waals surface area contributed by atoms with E-state index in [1.165, 1.54) is 18.4 Å². The van der Waals surface area contributed by atoms with Gasteiger partial charge in [0, 0.05) is 29.8 Å². The van der Waals surface area contributed by atoms with Crippen molar-refractivity contribution in [2.45, 2.75) is 25.8 Å². The summed E-state index contributed by atoms with van der Waals surface area (Å²) >= 11 is 3.46. The number of anilines is 1. The van der Waals surface area contributed by atoms with Crippen LogP contribution in [0.1, 0.15) is 18.4 Å². The predicted octanol–water partition coefficient (Wildman–Crippen LogP) is 1.70. The van der Waals surface area contributed by atoms with Crippen LogP contribution in [0.3, 0.4) is 0 Å². The zero-order chi connectivity index (χ0) is 13.0. The normalized spacial score (nSPS) is 19.2. The molecule has 5 heteroatoms. The number of nitrogens with one attached hydrogen (secondary N) is 1. The Balaban J connectivity index is 2.09. The number of aliphatic hydroxyl groups is 1. The molecule has 100 valence electrons. The zero-order valence-electron chi connectivity index (χ0n) is 10.7. The van der Waals surface area contributed by atoms with Gasteiger partial charge in [-0.25, -0.2) is 4.98 Å². The Bertz CT molecular complexity index is 394. The van der Waals surface area contributed by atoms with Gasteiger partial charge < -0.3 is 15.3 Å². The third kappa shape index (κ3) is 3.43. The van der Waals surface area contributed by atoms with E-state index in [0.29, 0.717) is 12.6 Å². The highest BCUT2D eigenvalue weighted by atomic mass is 79.9. The highest BCUT2D eigenvalue weighted by Crippen LogP contribution is 2.20. The van der Waals surface area contributed by atoms with Gasteiger partial charge in [0.15, 0.2) is 0 Å². The maximum Gasteiger partial charge on any atom is 0.128 e. The molecule has 2 heterocycles. The molecule has 0 spiro atoms. The van der Waals surface area contributed by atoms with Crippen LogP contribution in [0, 0.1) is 6.92 Å². The van der Waals surface area contributed by atoms with E-state index >= 15 is 0 Å². The molecule has 1 fully saturated rings. The minimum atomic E-state index is 0.156. The fourth-order valence-electron chi connectivity index (χ4n) is 2.30. The van der Waals surface area contributed by atoms with Crippen molar-refractivity contribution in [2.75, 3.05) is 31.1 Å². The van der Waals surface area contributed by atoms with Crippen LogP contribution < -0.4 is 10.2 Å². The van der Waals surface area contributed by atoms with Crippen molar-refractivity contribution in [3.05, 3.63) is 22.3 Å². The lowest BCUT2D eigenvalue weighted by Gasteiger charge is -2.26. The van der Waals surface area contributed by atoms with Crippen molar-refractivity contribution in [1.82, 2.24) is 10.3 Å². The molecule has 4 nitrogen and oxygen atoms in total. The SMILES string of the molecule is Cc1cc(N(CCO)CC2CCCN2)ncc1Br. The first kappa shape index (κ1) is 13.8. The average molecular weight is 314 g/mol. The Kier molecular flexibility index (Phi) is 4.97. The lowest BCUT2D eigenvalue weighted by Crippen LogP contribution is -2.39. The molecular formula is C13H20BrN3O. The third-order valence-corrected chi connectivity index (χ3v) is 4.16. The van der Waals surface area contributed by atoms with Gasteiger partial charge in [-0.15, -0.1) is 0 Å². The molecular weight excluding hydrogens is 294 g/mol. The van der Waals surface area contributed by atoms with Crippen LogP contribution in [0.2, 0.25) is 0 Å². The molecule has 1 aromatic rings. The van der Waals surface area contributed by atoms with E-state index in [1.807, 2.05) is 6.20 Å². The maximum absolute atomic E-state index is 9.20. The van der Waals surface area contributed by atoms with Crippen LogP contribution in [-0.4, -0.2) is 42.4 Å². The maximum atomic E-state index is 9.20. The standard InChI is InChI=1S/C13H20BrN3O/c1-10-7-13(16-8-12(10)14)17(5-6-18)9-11-3-2-4-15-11/h7-8,11,15,18H,2-6,9H2,1H3. The van der Waals surface area contributed by atoms with E-state index in [4.69, 9.17) is 0 Å². The molecule has 0 saturated carbocycles. The molecule has 0 aromatic carbocycles. The number of pyridine rings is 1. The molecule has 0 aliphatic carbocycles. The van der Waals surface area contributed by atoms with E-state index in [0.717, 1.165) is 23.4 Å². The van der Waals surface area contributed by atoms with Crippen molar-refractivity contribution < 1.29 is 5.11 Å². The van der Waals surface area contributed by atoms with Crippen LogP contribution in [0.15, 0.2) is 16.7 Å². The topological polar surface area (TPSA) is 48.4 Å². The van der Waals surface area contributed by atoms with Crippen molar-refractivity contribution in [3.63, 3.8) is 0 Å². The van der Waals surface area contributed by atoms with Crippen LogP contribution in [0.25, 0.3) is 0 Å². The number of hydrogen-bond acceptors (Lipinski definition) is 4. The number of aryl methyl sites for hydroxylation is 1. The van der Waals surface area contributed by atoms with E-state index in [2.05, 4.69) is 44.1 Å². The van der Waals surface area contributed by atoms with Gasteiger partial charge in [-0.2, -0.15) is 0 Å². The van der Waals surface area contributed by atoms with Crippen LogP contribution in [0.4, 0.5) is 5.82 Å². The third-order valence-electron chi connectivity index (χ3n) is 3.33. The summed E-state index contributed by atoms with van der Waals surface area (Å²) in [4.78, 5) is 6.60. The quantitative estimate of drug-likeness (QED) is 0.869. The summed E-state index contributed by atoms with van der Waals surface area (Å²) in [6, 6.07) is 2.58. The molecule has 0 bridgehead atoms. The second-order valence-electron chi connectivity index (χ2n) is 4.75.